The number of aromatic nitrogens is 3. The second kappa shape index (κ2) is 7.01. The number of rotatable bonds is 3. The van der Waals surface area contributed by atoms with Crippen molar-refractivity contribution in [3.8, 4) is 11.3 Å². The lowest BCUT2D eigenvalue weighted by molar-refractivity contribution is 0.0901. The molecule has 1 unspecified atom stereocenters. The van der Waals surface area contributed by atoms with Crippen molar-refractivity contribution in [1.29, 1.82) is 0 Å². The molecular formula is C22H18N4O3. The van der Waals surface area contributed by atoms with Crippen LogP contribution in [0.2, 0.25) is 0 Å². The van der Waals surface area contributed by atoms with Gasteiger partial charge in [-0.15, -0.1) is 0 Å². The van der Waals surface area contributed by atoms with Crippen molar-refractivity contribution in [3.63, 3.8) is 0 Å². The third kappa shape index (κ3) is 3.20. The quantitative estimate of drug-likeness (QED) is 0.583. The Morgan fingerprint density at radius 3 is 2.79 bits per heavy atom. The number of hydrogen-bond acceptors (Lipinski definition) is 5. The number of furan rings is 1. The number of para-hydroxylation sites is 1. The van der Waals surface area contributed by atoms with E-state index < -0.39 is 0 Å². The lowest BCUT2D eigenvalue weighted by Crippen LogP contribution is -2.38. The second-order valence-electron chi connectivity index (χ2n) is 7.04. The molecule has 0 bridgehead atoms. The van der Waals surface area contributed by atoms with Crippen molar-refractivity contribution >= 4 is 16.9 Å². The molecule has 1 N–H and O–H groups in total. The van der Waals surface area contributed by atoms with E-state index >= 15 is 0 Å². The molecule has 7 heteroatoms. The molecule has 3 aromatic heterocycles. The predicted molar refractivity (Wildman–Crippen MR) is 107 cm³/mol. The van der Waals surface area contributed by atoms with Gasteiger partial charge in [0.25, 0.3) is 11.5 Å². The van der Waals surface area contributed by atoms with Crippen molar-refractivity contribution < 1.29 is 9.21 Å². The molecule has 5 rings (SSSR count). The fourth-order valence-corrected chi connectivity index (χ4v) is 3.73. The number of amides is 1. The molecule has 1 aromatic carbocycles. The van der Waals surface area contributed by atoms with Gasteiger partial charge in [-0.3, -0.25) is 19.1 Å². The van der Waals surface area contributed by atoms with E-state index in [2.05, 4.69) is 10.3 Å². The summed E-state index contributed by atoms with van der Waals surface area (Å²) in [7, 11) is 0. The summed E-state index contributed by atoms with van der Waals surface area (Å²) < 4.78 is 7.30. The zero-order chi connectivity index (χ0) is 19.8. The average molecular weight is 386 g/mol. The maximum Gasteiger partial charge on any atom is 0.287 e. The maximum atomic E-state index is 12.8. The van der Waals surface area contributed by atoms with Crippen LogP contribution in [0, 0.1) is 0 Å². The number of pyridine rings is 1. The molecule has 7 nitrogen and oxygen atoms in total. The third-order valence-corrected chi connectivity index (χ3v) is 5.15. The summed E-state index contributed by atoms with van der Waals surface area (Å²) in [5.41, 5.74) is 1.93. The Kier molecular flexibility index (Phi) is 4.20. The average Bonchev–Trinajstić information content (AvgIpc) is 3.19. The van der Waals surface area contributed by atoms with E-state index in [-0.39, 0.29) is 23.3 Å². The number of hydrogen-bond donors (Lipinski definition) is 1. The highest BCUT2D eigenvalue weighted by atomic mass is 16.3. The molecule has 1 atom stereocenters. The van der Waals surface area contributed by atoms with Gasteiger partial charge in [0.05, 0.1) is 11.7 Å². The van der Waals surface area contributed by atoms with Gasteiger partial charge in [0.1, 0.15) is 11.4 Å². The first kappa shape index (κ1) is 17.4. The Morgan fingerprint density at radius 1 is 1.14 bits per heavy atom. The van der Waals surface area contributed by atoms with E-state index in [0.717, 1.165) is 17.4 Å². The van der Waals surface area contributed by atoms with Crippen LogP contribution >= 0.6 is 0 Å². The lowest BCUT2D eigenvalue weighted by atomic mass is 10.1. The van der Waals surface area contributed by atoms with Gasteiger partial charge in [0, 0.05) is 36.0 Å². The smallest absolute Gasteiger partial charge is 0.287 e. The van der Waals surface area contributed by atoms with Crippen molar-refractivity contribution in [3.05, 3.63) is 82.9 Å². The summed E-state index contributed by atoms with van der Waals surface area (Å²) in [5, 5.41) is 3.86. The molecule has 29 heavy (non-hydrogen) atoms. The summed E-state index contributed by atoms with van der Waals surface area (Å²) in [4.78, 5) is 34.2. The molecule has 1 aliphatic rings. The van der Waals surface area contributed by atoms with Crippen LogP contribution in [-0.4, -0.2) is 20.4 Å². The Balaban J connectivity index is 1.49. The van der Waals surface area contributed by atoms with Gasteiger partial charge in [-0.05, 0) is 37.1 Å². The largest absolute Gasteiger partial charge is 0.451 e. The number of benzene rings is 1. The SMILES string of the molecule is O=C(NC1CCCn2c1nc(-c1ccncc1)cc2=O)c1cc2ccccc2o1. The lowest BCUT2D eigenvalue weighted by Gasteiger charge is -2.26. The molecule has 0 saturated carbocycles. The standard InChI is InChI=1S/C22H18N4O3/c27-20-13-17(14-7-9-23-10-8-14)24-21-16(5-3-11-26(20)21)25-22(28)19-12-15-4-1-2-6-18(15)29-19/h1-2,4,6-10,12-13,16H,3,5,11H2,(H,25,28). The van der Waals surface area contributed by atoms with Gasteiger partial charge >= 0.3 is 0 Å². The zero-order valence-corrected chi connectivity index (χ0v) is 15.5. The van der Waals surface area contributed by atoms with Crippen molar-refractivity contribution in [2.75, 3.05) is 0 Å². The van der Waals surface area contributed by atoms with Gasteiger partial charge < -0.3 is 9.73 Å². The summed E-state index contributed by atoms with van der Waals surface area (Å²) in [6.45, 7) is 0.592. The number of nitrogens with zero attached hydrogens (tertiary/aromatic N) is 3. The van der Waals surface area contributed by atoms with Gasteiger partial charge in [-0.25, -0.2) is 4.98 Å². The monoisotopic (exact) mass is 386 g/mol. The van der Waals surface area contributed by atoms with Gasteiger partial charge in [0.2, 0.25) is 0 Å². The number of nitrogens with one attached hydrogen (secondary N) is 1. The molecule has 0 spiro atoms. The van der Waals surface area contributed by atoms with Crippen LogP contribution in [0.5, 0.6) is 0 Å². The number of carbonyl (C=O) groups excluding carboxylic acids is 1. The topological polar surface area (TPSA) is 90.0 Å². The molecule has 0 saturated heterocycles. The Morgan fingerprint density at radius 2 is 1.97 bits per heavy atom. The Hall–Kier alpha value is -3.74. The third-order valence-electron chi connectivity index (χ3n) is 5.15. The van der Waals surface area contributed by atoms with Crippen LogP contribution in [-0.2, 0) is 6.54 Å². The molecule has 4 heterocycles. The molecule has 1 aliphatic heterocycles. The van der Waals surface area contributed by atoms with Crippen LogP contribution in [0.15, 0.2) is 70.1 Å². The highest BCUT2D eigenvalue weighted by Crippen LogP contribution is 2.26. The van der Waals surface area contributed by atoms with E-state index in [0.29, 0.717) is 30.1 Å². The van der Waals surface area contributed by atoms with E-state index in [1.54, 1.807) is 23.0 Å². The fourth-order valence-electron chi connectivity index (χ4n) is 3.73. The summed E-state index contributed by atoms with van der Waals surface area (Å²) in [5.74, 6) is 0.499. The van der Waals surface area contributed by atoms with E-state index in [4.69, 9.17) is 9.40 Å². The van der Waals surface area contributed by atoms with Crippen LogP contribution in [0.1, 0.15) is 35.3 Å². The van der Waals surface area contributed by atoms with Gasteiger partial charge in [-0.1, -0.05) is 18.2 Å². The molecule has 1 amide bonds. The van der Waals surface area contributed by atoms with Crippen molar-refractivity contribution in [2.45, 2.75) is 25.4 Å². The van der Waals surface area contributed by atoms with Gasteiger partial charge in [-0.2, -0.15) is 0 Å². The first-order chi connectivity index (χ1) is 14.2. The molecule has 0 fully saturated rings. The minimum Gasteiger partial charge on any atom is -0.451 e. The normalized spacial score (nSPS) is 15.8. The van der Waals surface area contributed by atoms with Crippen LogP contribution in [0.4, 0.5) is 0 Å². The molecule has 0 radical (unpaired) electrons. The zero-order valence-electron chi connectivity index (χ0n) is 15.5. The summed E-state index contributed by atoms with van der Waals surface area (Å²) in [6, 6.07) is 14.0. The molecule has 144 valence electrons. The number of fused-ring (bicyclic) bond motifs is 2. The molecule has 4 aromatic rings. The van der Waals surface area contributed by atoms with Crippen molar-refractivity contribution in [2.24, 2.45) is 0 Å². The highest BCUT2D eigenvalue weighted by Gasteiger charge is 2.26. The second-order valence-corrected chi connectivity index (χ2v) is 7.04. The maximum absolute atomic E-state index is 12.8. The number of carbonyl (C=O) groups is 1. The summed E-state index contributed by atoms with van der Waals surface area (Å²) >= 11 is 0. The minimum atomic E-state index is -0.362. The predicted octanol–water partition coefficient (Wildman–Crippen LogP) is 3.32. The Bertz CT molecular complexity index is 1230. The van der Waals surface area contributed by atoms with Crippen molar-refractivity contribution in [1.82, 2.24) is 19.9 Å². The Labute approximate surface area is 166 Å². The van der Waals surface area contributed by atoms with E-state index in [9.17, 15) is 9.59 Å². The minimum absolute atomic E-state index is 0.121. The molecule has 0 aliphatic carbocycles. The van der Waals surface area contributed by atoms with Crippen LogP contribution in [0.3, 0.4) is 0 Å². The first-order valence-corrected chi connectivity index (χ1v) is 9.51. The fraction of sp³-hybridized carbons (Fsp3) is 0.182. The van der Waals surface area contributed by atoms with Crippen LogP contribution < -0.4 is 10.9 Å². The first-order valence-electron chi connectivity index (χ1n) is 9.51. The highest BCUT2D eigenvalue weighted by molar-refractivity contribution is 5.96. The van der Waals surface area contributed by atoms with Gasteiger partial charge in [0.15, 0.2) is 5.76 Å². The van der Waals surface area contributed by atoms with E-state index in [1.165, 1.54) is 6.07 Å². The molecular weight excluding hydrogens is 368 g/mol. The van der Waals surface area contributed by atoms with Crippen LogP contribution in [0.25, 0.3) is 22.2 Å². The van der Waals surface area contributed by atoms with E-state index in [1.807, 2.05) is 36.4 Å². The summed E-state index contributed by atoms with van der Waals surface area (Å²) in [6.07, 6.45) is 4.82.